The molecule has 3 heteroatoms. The van der Waals surface area contributed by atoms with Crippen LogP contribution in [0.4, 0.5) is 0 Å². The third kappa shape index (κ3) is 3.44. The van der Waals surface area contributed by atoms with Gasteiger partial charge in [0, 0.05) is 31.7 Å². The molecule has 2 rings (SSSR count). The highest BCUT2D eigenvalue weighted by Gasteiger charge is 2.26. The zero-order valence-electron chi connectivity index (χ0n) is 10.9. The van der Waals surface area contributed by atoms with Crippen molar-refractivity contribution >= 4 is 0 Å². The number of likely N-dealkylation sites (N-methyl/N-ethyl adjacent to an activating group) is 1. The van der Waals surface area contributed by atoms with E-state index in [-0.39, 0.29) is 0 Å². The van der Waals surface area contributed by atoms with Gasteiger partial charge in [0.05, 0.1) is 0 Å². The van der Waals surface area contributed by atoms with E-state index in [1.807, 2.05) is 0 Å². The van der Waals surface area contributed by atoms with Crippen LogP contribution in [0, 0.1) is 0 Å². The first-order valence-corrected chi connectivity index (χ1v) is 7.03. The van der Waals surface area contributed by atoms with Gasteiger partial charge in [0.15, 0.2) is 0 Å². The number of rotatable bonds is 7. The second-order valence-electron chi connectivity index (χ2n) is 5.19. The summed E-state index contributed by atoms with van der Waals surface area (Å²) >= 11 is 0. The molecule has 1 aliphatic carbocycles. The molecule has 0 spiro atoms. The predicted octanol–water partition coefficient (Wildman–Crippen LogP) is 1.15. The highest BCUT2D eigenvalue weighted by Crippen LogP contribution is 2.18. The van der Waals surface area contributed by atoms with Crippen molar-refractivity contribution in [2.75, 3.05) is 39.3 Å². The van der Waals surface area contributed by atoms with Gasteiger partial charge in [-0.3, -0.25) is 4.90 Å². The molecule has 0 aromatic heterocycles. The Bertz CT molecular complexity index is 199. The van der Waals surface area contributed by atoms with E-state index < -0.39 is 0 Å². The molecule has 0 aromatic carbocycles. The van der Waals surface area contributed by atoms with Gasteiger partial charge in [-0.1, -0.05) is 13.8 Å². The maximum absolute atomic E-state index is 3.60. The van der Waals surface area contributed by atoms with E-state index >= 15 is 0 Å². The average Bonchev–Trinajstić information content (AvgIpc) is 3.00. The minimum atomic E-state index is 0.816. The molecular formula is C13H27N3. The molecule has 1 atom stereocenters. The molecule has 1 unspecified atom stereocenters. The zero-order chi connectivity index (χ0) is 11.4. The summed E-state index contributed by atoms with van der Waals surface area (Å²) in [5.74, 6) is 0. The van der Waals surface area contributed by atoms with E-state index in [1.54, 1.807) is 0 Å². The Morgan fingerprint density at radius 3 is 2.56 bits per heavy atom. The fourth-order valence-corrected chi connectivity index (χ4v) is 2.77. The molecule has 0 amide bonds. The van der Waals surface area contributed by atoms with E-state index in [1.165, 1.54) is 58.5 Å². The summed E-state index contributed by atoms with van der Waals surface area (Å²) in [4.78, 5) is 5.23. The molecular weight excluding hydrogens is 198 g/mol. The van der Waals surface area contributed by atoms with E-state index in [2.05, 4.69) is 29.0 Å². The van der Waals surface area contributed by atoms with Crippen LogP contribution in [-0.2, 0) is 0 Å². The molecule has 1 saturated carbocycles. The van der Waals surface area contributed by atoms with Gasteiger partial charge < -0.3 is 10.2 Å². The molecule has 1 saturated heterocycles. The largest absolute Gasteiger partial charge is 0.313 e. The molecule has 1 aliphatic heterocycles. The topological polar surface area (TPSA) is 18.5 Å². The Morgan fingerprint density at radius 2 is 1.94 bits per heavy atom. The Hall–Kier alpha value is -0.120. The summed E-state index contributed by atoms with van der Waals surface area (Å²) in [6.45, 7) is 12.0. The molecule has 3 nitrogen and oxygen atoms in total. The van der Waals surface area contributed by atoms with Gasteiger partial charge in [-0.05, 0) is 38.9 Å². The maximum Gasteiger partial charge on any atom is 0.0235 e. The average molecular weight is 225 g/mol. The van der Waals surface area contributed by atoms with Crippen molar-refractivity contribution in [3.8, 4) is 0 Å². The standard InChI is InChI=1S/C13H27N3/c1-3-16(4-2)13-7-9-15(11-13)10-8-14-12-5-6-12/h12-14H,3-11H2,1-2H3. The number of hydrogen-bond donors (Lipinski definition) is 1. The Balaban J connectivity index is 1.61. The predicted molar refractivity (Wildman–Crippen MR) is 68.8 cm³/mol. The molecule has 1 N–H and O–H groups in total. The zero-order valence-corrected chi connectivity index (χ0v) is 10.9. The van der Waals surface area contributed by atoms with Crippen molar-refractivity contribution in [3.05, 3.63) is 0 Å². The fraction of sp³-hybridized carbons (Fsp3) is 1.00. The highest BCUT2D eigenvalue weighted by atomic mass is 15.3. The molecule has 16 heavy (non-hydrogen) atoms. The summed E-state index contributed by atoms with van der Waals surface area (Å²) in [6, 6.07) is 1.68. The Labute approximate surface area is 100 Å². The lowest BCUT2D eigenvalue weighted by molar-refractivity contribution is 0.211. The smallest absolute Gasteiger partial charge is 0.0235 e. The van der Waals surface area contributed by atoms with Gasteiger partial charge in [0.25, 0.3) is 0 Å². The number of likely N-dealkylation sites (tertiary alicyclic amines) is 1. The van der Waals surface area contributed by atoms with Gasteiger partial charge in [-0.2, -0.15) is 0 Å². The summed E-state index contributed by atoms with van der Waals surface area (Å²) in [7, 11) is 0. The van der Waals surface area contributed by atoms with Crippen LogP contribution in [0.5, 0.6) is 0 Å². The Morgan fingerprint density at radius 1 is 1.19 bits per heavy atom. The SMILES string of the molecule is CCN(CC)C1CCN(CCNC2CC2)C1. The number of nitrogens with zero attached hydrogens (tertiary/aromatic N) is 2. The molecule has 0 bridgehead atoms. The first-order valence-electron chi connectivity index (χ1n) is 7.03. The van der Waals surface area contributed by atoms with Crippen LogP contribution in [0.15, 0.2) is 0 Å². The summed E-state index contributed by atoms with van der Waals surface area (Å²) in [5, 5.41) is 3.60. The fourth-order valence-electron chi connectivity index (χ4n) is 2.77. The lowest BCUT2D eigenvalue weighted by atomic mass is 10.2. The maximum atomic E-state index is 3.60. The number of nitrogens with one attached hydrogen (secondary N) is 1. The summed E-state index contributed by atoms with van der Waals surface area (Å²) in [6.07, 6.45) is 4.18. The quantitative estimate of drug-likeness (QED) is 0.701. The van der Waals surface area contributed by atoms with Crippen molar-refractivity contribution in [1.82, 2.24) is 15.1 Å². The van der Waals surface area contributed by atoms with Crippen LogP contribution in [0.25, 0.3) is 0 Å². The minimum Gasteiger partial charge on any atom is -0.313 e. The van der Waals surface area contributed by atoms with Crippen molar-refractivity contribution < 1.29 is 0 Å². The van der Waals surface area contributed by atoms with Gasteiger partial charge >= 0.3 is 0 Å². The summed E-state index contributed by atoms with van der Waals surface area (Å²) in [5.41, 5.74) is 0. The molecule has 0 radical (unpaired) electrons. The van der Waals surface area contributed by atoms with Gasteiger partial charge in [0.2, 0.25) is 0 Å². The number of hydrogen-bond acceptors (Lipinski definition) is 3. The van der Waals surface area contributed by atoms with Crippen molar-refractivity contribution in [2.45, 2.75) is 45.2 Å². The van der Waals surface area contributed by atoms with Crippen LogP contribution < -0.4 is 5.32 Å². The van der Waals surface area contributed by atoms with E-state index in [9.17, 15) is 0 Å². The molecule has 0 aromatic rings. The lowest BCUT2D eigenvalue weighted by Gasteiger charge is -2.26. The van der Waals surface area contributed by atoms with Crippen LogP contribution in [0.3, 0.4) is 0 Å². The van der Waals surface area contributed by atoms with Crippen molar-refractivity contribution in [2.24, 2.45) is 0 Å². The second-order valence-corrected chi connectivity index (χ2v) is 5.19. The van der Waals surface area contributed by atoms with Crippen LogP contribution in [0.2, 0.25) is 0 Å². The van der Waals surface area contributed by atoms with Gasteiger partial charge in [-0.15, -0.1) is 0 Å². The van der Waals surface area contributed by atoms with Crippen LogP contribution in [0.1, 0.15) is 33.1 Å². The lowest BCUT2D eigenvalue weighted by Crippen LogP contribution is -2.38. The third-order valence-corrected chi connectivity index (χ3v) is 4.01. The van der Waals surface area contributed by atoms with Gasteiger partial charge in [0.1, 0.15) is 0 Å². The summed E-state index contributed by atoms with van der Waals surface area (Å²) < 4.78 is 0. The first-order chi connectivity index (χ1) is 7.83. The van der Waals surface area contributed by atoms with E-state index in [4.69, 9.17) is 0 Å². The Kier molecular flexibility index (Phi) is 4.62. The van der Waals surface area contributed by atoms with E-state index in [0.29, 0.717) is 0 Å². The minimum absolute atomic E-state index is 0.816. The highest BCUT2D eigenvalue weighted by molar-refractivity contribution is 4.85. The van der Waals surface area contributed by atoms with Crippen LogP contribution in [-0.4, -0.2) is 61.2 Å². The molecule has 2 fully saturated rings. The molecule has 94 valence electrons. The first kappa shape index (κ1) is 12.3. The third-order valence-electron chi connectivity index (χ3n) is 4.01. The molecule has 2 aliphatic rings. The van der Waals surface area contributed by atoms with Crippen LogP contribution >= 0.6 is 0 Å². The van der Waals surface area contributed by atoms with Gasteiger partial charge in [-0.25, -0.2) is 0 Å². The monoisotopic (exact) mass is 225 g/mol. The van der Waals surface area contributed by atoms with E-state index in [0.717, 1.165) is 12.1 Å². The van der Waals surface area contributed by atoms with Crippen molar-refractivity contribution in [3.63, 3.8) is 0 Å². The molecule has 1 heterocycles. The second kappa shape index (κ2) is 5.99. The van der Waals surface area contributed by atoms with Crippen molar-refractivity contribution in [1.29, 1.82) is 0 Å². The normalized spacial score (nSPS) is 26.8.